The molecule has 0 radical (unpaired) electrons. The Balaban J connectivity index is 2.66. The molecule has 1 N–H and O–H groups in total. The van der Waals surface area contributed by atoms with Crippen LogP contribution in [-0.2, 0) is 9.53 Å². The number of allylic oxidation sites excluding steroid dienone is 1. The summed E-state index contributed by atoms with van der Waals surface area (Å²) in [5.74, 6) is -0.0815. The second-order valence-corrected chi connectivity index (χ2v) is 15.1. The molecule has 1 saturated heterocycles. The Hall–Kier alpha value is -0.510. The molecule has 0 aliphatic carbocycles. The minimum atomic E-state index is -0.825. The van der Waals surface area contributed by atoms with Crippen LogP contribution in [0.5, 0.6) is 0 Å². The fraction of sp³-hybridized carbons (Fsp3) is 0.727. The normalized spacial score (nSPS) is 19.3. The highest BCUT2D eigenvalue weighted by Crippen LogP contribution is 2.48. The number of ether oxygens (including phenoxy) is 1. The number of hydrogen-bond acceptors (Lipinski definition) is 5. The zero-order valence-electron chi connectivity index (χ0n) is 11.1. The number of nitrogens with zero attached hydrogens (tertiary/aromatic N) is 1. The van der Waals surface area contributed by atoms with E-state index in [2.05, 4.69) is 39.0 Å². The van der Waals surface area contributed by atoms with Crippen molar-refractivity contribution >= 4 is 34.4 Å². The Morgan fingerprint density at radius 3 is 2.68 bits per heavy atom. The second-order valence-electron chi connectivity index (χ2n) is 4.71. The van der Waals surface area contributed by atoms with Gasteiger partial charge in [0.1, 0.15) is 6.61 Å². The number of carbonyl (C=O) groups excluding carboxylic acids is 1. The second kappa shape index (κ2) is 7.32. The number of esters is 1. The summed E-state index contributed by atoms with van der Waals surface area (Å²) in [5.41, 5.74) is -0.0247. The van der Waals surface area contributed by atoms with Crippen molar-refractivity contribution in [1.29, 1.82) is 0 Å². The molecule has 0 unspecified atom stereocenters. The first-order valence-electron chi connectivity index (χ1n) is 6.00. The molecule has 1 fully saturated rings. The topological polar surface area (TPSA) is 81.5 Å². The molecule has 19 heavy (non-hydrogen) atoms. The van der Waals surface area contributed by atoms with Crippen LogP contribution < -0.4 is 5.32 Å². The van der Waals surface area contributed by atoms with E-state index >= 15 is 0 Å². The summed E-state index contributed by atoms with van der Waals surface area (Å²) in [5, 5.41) is 13.9. The molecule has 0 atom stereocenters. The standard InChI is InChI=1S/C11H19IN2O4S/c1-19(2,12)8-7-18-11(15)10(14(16)17)9-5-3-4-6-13-9/h13H,3-8H2,1-2H3. The minimum absolute atomic E-state index is 0.231. The lowest BCUT2D eigenvalue weighted by Gasteiger charge is -2.21. The van der Waals surface area contributed by atoms with Gasteiger partial charge in [0.05, 0.1) is 10.6 Å². The lowest BCUT2D eigenvalue weighted by atomic mass is 10.1. The van der Waals surface area contributed by atoms with E-state index < -0.39 is 23.8 Å². The van der Waals surface area contributed by atoms with Crippen molar-refractivity contribution < 1.29 is 14.5 Å². The highest BCUT2D eigenvalue weighted by atomic mass is 127. The van der Waals surface area contributed by atoms with Crippen LogP contribution in [-0.4, -0.2) is 42.3 Å². The number of piperidine rings is 1. The van der Waals surface area contributed by atoms with E-state index in [4.69, 9.17) is 4.74 Å². The summed E-state index contributed by atoms with van der Waals surface area (Å²) in [6, 6.07) is 0. The number of hydrogen-bond donors (Lipinski definition) is 1. The number of nitro groups is 1. The zero-order chi connectivity index (χ0) is 14.5. The predicted molar refractivity (Wildman–Crippen MR) is 85.2 cm³/mol. The average Bonchev–Trinajstić information content (AvgIpc) is 2.28. The third-order valence-electron chi connectivity index (χ3n) is 2.66. The van der Waals surface area contributed by atoms with E-state index in [1.807, 2.05) is 0 Å². The average molecular weight is 402 g/mol. The van der Waals surface area contributed by atoms with E-state index in [0.29, 0.717) is 18.7 Å². The molecule has 0 aromatic carbocycles. The highest BCUT2D eigenvalue weighted by molar-refractivity contribution is 14.2. The van der Waals surface area contributed by atoms with Gasteiger partial charge in [-0.1, -0.05) is 0 Å². The first-order valence-corrected chi connectivity index (χ1v) is 11.2. The van der Waals surface area contributed by atoms with Gasteiger partial charge in [0.15, 0.2) is 0 Å². The third-order valence-corrected chi connectivity index (χ3v) is 5.11. The molecule has 110 valence electrons. The van der Waals surface area contributed by atoms with Gasteiger partial charge in [0.25, 0.3) is 0 Å². The fourth-order valence-corrected chi connectivity index (χ4v) is 2.68. The Labute approximate surface area is 126 Å². The van der Waals surface area contributed by atoms with Gasteiger partial charge < -0.3 is 10.1 Å². The Kier molecular flexibility index (Phi) is 6.37. The van der Waals surface area contributed by atoms with E-state index in [1.54, 1.807) is 0 Å². The van der Waals surface area contributed by atoms with E-state index in [-0.39, 0.29) is 6.61 Å². The van der Waals surface area contributed by atoms with Gasteiger partial charge in [-0.05, 0) is 53.0 Å². The molecule has 1 rings (SSSR count). The van der Waals surface area contributed by atoms with Gasteiger partial charge >= 0.3 is 11.7 Å². The molecule has 0 bridgehead atoms. The molecular weight excluding hydrogens is 383 g/mol. The van der Waals surface area contributed by atoms with Crippen LogP contribution in [0, 0.1) is 10.1 Å². The quantitative estimate of drug-likeness (QED) is 0.251. The maximum Gasteiger partial charge on any atom is 0.411 e. The summed E-state index contributed by atoms with van der Waals surface area (Å²) in [7, 11) is -0.799. The lowest BCUT2D eigenvalue weighted by molar-refractivity contribution is -0.423. The van der Waals surface area contributed by atoms with Gasteiger partial charge in [0, 0.05) is 12.3 Å². The van der Waals surface area contributed by atoms with Crippen LogP contribution in [0.1, 0.15) is 19.3 Å². The number of carbonyl (C=O) groups is 1. The van der Waals surface area contributed by atoms with Crippen LogP contribution >= 0.6 is 28.4 Å². The summed E-state index contributed by atoms with van der Waals surface area (Å²) < 4.78 is 5.03. The number of nitrogens with one attached hydrogen (secondary N) is 1. The largest absolute Gasteiger partial charge is 0.457 e. The van der Waals surface area contributed by atoms with Gasteiger partial charge in [-0.25, -0.2) is 4.79 Å². The van der Waals surface area contributed by atoms with Crippen LogP contribution in [0.15, 0.2) is 11.4 Å². The maximum absolute atomic E-state index is 11.8. The molecular formula is C11H19IN2O4S. The van der Waals surface area contributed by atoms with Gasteiger partial charge in [-0.15, -0.1) is 0 Å². The summed E-state index contributed by atoms with van der Waals surface area (Å²) in [6.45, 7) is 0.902. The third kappa shape index (κ3) is 5.98. The first-order chi connectivity index (χ1) is 8.81. The molecule has 1 aliphatic rings. The van der Waals surface area contributed by atoms with Crippen LogP contribution in [0.4, 0.5) is 0 Å². The van der Waals surface area contributed by atoms with Crippen molar-refractivity contribution in [2.24, 2.45) is 0 Å². The SMILES string of the molecule is CS(C)(I)CCOC(=O)C(=C1CCCCN1)[N+](=O)[O-]. The monoisotopic (exact) mass is 402 g/mol. The van der Waals surface area contributed by atoms with Gasteiger partial charge in [-0.2, -0.15) is 7.20 Å². The smallest absolute Gasteiger partial charge is 0.411 e. The van der Waals surface area contributed by atoms with Crippen molar-refractivity contribution in [3.63, 3.8) is 0 Å². The summed E-state index contributed by atoms with van der Waals surface area (Å²) >= 11 is 2.33. The molecule has 1 heterocycles. The summed E-state index contributed by atoms with van der Waals surface area (Å²) in [6.07, 6.45) is 6.55. The molecule has 0 spiro atoms. The predicted octanol–water partition coefficient (Wildman–Crippen LogP) is 2.21. The molecule has 1 aliphatic heterocycles. The zero-order valence-corrected chi connectivity index (χ0v) is 14.1. The van der Waals surface area contributed by atoms with E-state index in [0.717, 1.165) is 18.6 Å². The van der Waals surface area contributed by atoms with Crippen molar-refractivity contribution in [1.82, 2.24) is 5.32 Å². The van der Waals surface area contributed by atoms with Crippen molar-refractivity contribution in [2.45, 2.75) is 19.3 Å². The Morgan fingerprint density at radius 2 is 2.21 bits per heavy atom. The first kappa shape index (κ1) is 16.5. The van der Waals surface area contributed by atoms with Gasteiger partial charge in [-0.3, -0.25) is 10.1 Å². The maximum atomic E-state index is 11.8. The summed E-state index contributed by atoms with van der Waals surface area (Å²) in [4.78, 5) is 22.2. The molecule has 0 aromatic heterocycles. The fourth-order valence-electron chi connectivity index (χ4n) is 1.67. The molecule has 6 nitrogen and oxygen atoms in total. The van der Waals surface area contributed by atoms with Crippen LogP contribution in [0.2, 0.25) is 0 Å². The Morgan fingerprint density at radius 1 is 1.53 bits per heavy atom. The minimum Gasteiger partial charge on any atom is -0.457 e. The highest BCUT2D eigenvalue weighted by Gasteiger charge is 2.30. The van der Waals surface area contributed by atoms with E-state index in [1.165, 1.54) is 0 Å². The lowest BCUT2D eigenvalue weighted by Crippen LogP contribution is -2.28. The van der Waals surface area contributed by atoms with Gasteiger partial charge in [0.2, 0.25) is 0 Å². The molecule has 0 saturated carbocycles. The van der Waals surface area contributed by atoms with Crippen molar-refractivity contribution in [2.75, 3.05) is 31.4 Å². The molecule has 0 aromatic rings. The van der Waals surface area contributed by atoms with E-state index in [9.17, 15) is 14.9 Å². The van der Waals surface area contributed by atoms with Crippen LogP contribution in [0.3, 0.4) is 0 Å². The number of halogens is 1. The number of rotatable bonds is 5. The van der Waals surface area contributed by atoms with Crippen molar-refractivity contribution in [3.8, 4) is 0 Å². The van der Waals surface area contributed by atoms with Crippen molar-refractivity contribution in [3.05, 3.63) is 21.5 Å². The Bertz CT molecular complexity index is 385. The van der Waals surface area contributed by atoms with Crippen LogP contribution in [0.25, 0.3) is 0 Å². The molecule has 0 amide bonds. The molecule has 8 heteroatoms.